The van der Waals surface area contributed by atoms with Gasteiger partial charge in [-0.3, -0.25) is 10.1 Å². The van der Waals surface area contributed by atoms with Crippen LogP contribution in [0.4, 0.5) is 11.4 Å². The molecule has 0 amide bonds. The Morgan fingerprint density at radius 1 is 1.38 bits per heavy atom. The highest BCUT2D eigenvalue weighted by Crippen LogP contribution is 2.30. The average molecular weight is 292 g/mol. The summed E-state index contributed by atoms with van der Waals surface area (Å²) in [6.45, 7) is 2.79. The molecular weight excluding hydrogens is 272 g/mol. The van der Waals surface area contributed by atoms with E-state index >= 15 is 0 Å². The minimum Gasteiger partial charge on any atom is -0.477 e. The summed E-state index contributed by atoms with van der Waals surface area (Å²) in [7, 11) is 0. The topological polar surface area (TPSA) is 83.7 Å². The first-order valence-electron chi connectivity index (χ1n) is 7.33. The number of benzene rings is 1. The maximum absolute atomic E-state index is 11.2. The van der Waals surface area contributed by atoms with Crippen molar-refractivity contribution in [1.29, 1.82) is 0 Å². The van der Waals surface area contributed by atoms with Gasteiger partial charge >= 0.3 is 5.97 Å². The smallest absolute Gasteiger partial charge is 0.342 e. The molecule has 21 heavy (non-hydrogen) atoms. The van der Waals surface area contributed by atoms with Gasteiger partial charge in [-0.25, -0.2) is 4.79 Å². The SMILES string of the molecule is CCN(c1ccc([N+](=O)[O-])c(C(=O)O)c1)C1CCCCC1. The van der Waals surface area contributed by atoms with Gasteiger partial charge in [0.15, 0.2) is 0 Å². The molecule has 6 nitrogen and oxygen atoms in total. The number of anilines is 1. The van der Waals surface area contributed by atoms with E-state index in [1.807, 2.05) is 6.92 Å². The lowest BCUT2D eigenvalue weighted by molar-refractivity contribution is -0.385. The van der Waals surface area contributed by atoms with Gasteiger partial charge in [0.05, 0.1) is 4.92 Å². The Balaban J connectivity index is 2.35. The minimum atomic E-state index is -1.26. The van der Waals surface area contributed by atoms with Crippen LogP contribution >= 0.6 is 0 Å². The van der Waals surface area contributed by atoms with Crippen molar-refractivity contribution in [1.82, 2.24) is 0 Å². The predicted molar refractivity (Wildman–Crippen MR) is 79.9 cm³/mol. The first kappa shape index (κ1) is 15.3. The summed E-state index contributed by atoms with van der Waals surface area (Å²) >= 11 is 0. The quantitative estimate of drug-likeness (QED) is 0.663. The summed E-state index contributed by atoms with van der Waals surface area (Å²) in [4.78, 5) is 23.7. The number of carboxylic acid groups (broad SMARTS) is 1. The molecule has 0 aromatic heterocycles. The summed E-state index contributed by atoms with van der Waals surface area (Å²) < 4.78 is 0. The van der Waals surface area contributed by atoms with E-state index in [-0.39, 0.29) is 11.3 Å². The van der Waals surface area contributed by atoms with E-state index in [9.17, 15) is 20.0 Å². The zero-order chi connectivity index (χ0) is 15.4. The molecule has 1 saturated carbocycles. The Morgan fingerprint density at radius 3 is 2.57 bits per heavy atom. The second kappa shape index (κ2) is 6.56. The minimum absolute atomic E-state index is 0.244. The van der Waals surface area contributed by atoms with Crippen molar-refractivity contribution in [3.63, 3.8) is 0 Å². The molecule has 114 valence electrons. The molecule has 1 aliphatic carbocycles. The molecule has 0 atom stereocenters. The molecule has 0 spiro atoms. The molecule has 2 rings (SSSR count). The van der Waals surface area contributed by atoms with Crippen molar-refractivity contribution in [2.45, 2.75) is 45.1 Å². The maximum atomic E-state index is 11.2. The highest BCUT2D eigenvalue weighted by molar-refractivity contribution is 5.93. The Bertz CT molecular complexity index is 538. The molecular formula is C15H20N2O4. The molecule has 1 fully saturated rings. The van der Waals surface area contributed by atoms with Gasteiger partial charge in [0, 0.05) is 24.3 Å². The molecule has 1 aromatic carbocycles. The number of carbonyl (C=O) groups is 1. The lowest BCUT2D eigenvalue weighted by Crippen LogP contribution is -2.36. The highest BCUT2D eigenvalue weighted by atomic mass is 16.6. The summed E-state index contributed by atoms with van der Waals surface area (Å²) in [5.41, 5.74) is 0.158. The van der Waals surface area contributed by atoms with Crippen LogP contribution in [-0.4, -0.2) is 28.6 Å². The van der Waals surface area contributed by atoms with Crippen LogP contribution in [0.5, 0.6) is 0 Å². The van der Waals surface area contributed by atoms with Crippen LogP contribution in [0.15, 0.2) is 18.2 Å². The number of rotatable bonds is 5. The van der Waals surface area contributed by atoms with Gasteiger partial charge in [-0.1, -0.05) is 19.3 Å². The van der Waals surface area contributed by atoms with Crippen molar-refractivity contribution in [3.05, 3.63) is 33.9 Å². The first-order valence-corrected chi connectivity index (χ1v) is 7.33. The van der Waals surface area contributed by atoms with Crippen molar-refractivity contribution >= 4 is 17.3 Å². The zero-order valence-electron chi connectivity index (χ0n) is 12.1. The van der Waals surface area contributed by atoms with E-state index in [1.165, 1.54) is 31.4 Å². The predicted octanol–water partition coefficient (Wildman–Crippen LogP) is 3.45. The number of hydrogen-bond acceptors (Lipinski definition) is 4. The Labute approximate surface area is 123 Å². The maximum Gasteiger partial charge on any atom is 0.342 e. The number of hydrogen-bond donors (Lipinski definition) is 1. The van der Waals surface area contributed by atoms with Crippen molar-refractivity contribution < 1.29 is 14.8 Å². The summed E-state index contributed by atoms with van der Waals surface area (Å²) in [6.07, 6.45) is 5.79. The van der Waals surface area contributed by atoms with Crippen molar-refractivity contribution in [2.24, 2.45) is 0 Å². The molecule has 0 saturated heterocycles. The number of carboxylic acids is 1. The number of nitrogens with zero attached hydrogens (tertiary/aromatic N) is 2. The summed E-state index contributed by atoms with van der Waals surface area (Å²) in [5, 5.41) is 20.1. The molecule has 0 unspecified atom stereocenters. The van der Waals surface area contributed by atoms with Crippen LogP contribution in [0, 0.1) is 10.1 Å². The monoisotopic (exact) mass is 292 g/mol. The molecule has 0 aliphatic heterocycles. The third kappa shape index (κ3) is 3.32. The third-order valence-corrected chi connectivity index (χ3v) is 4.10. The second-order valence-electron chi connectivity index (χ2n) is 5.34. The lowest BCUT2D eigenvalue weighted by Gasteiger charge is -2.35. The summed E-state index contributed by atoms with van der Waals surface area (Å²) in [5.74, 6) is -1.26. The molecule has 1 aliphatic rings. The lowest BCUT2D eigenvalue weighted by atomic mass is 9.93. The van der Waals surface area contributed by atoms with Gasteiger partial charge in [0.25, 0.3) is 5.69 Å². The first-order chi connectivity index (χ1) is 10.0. The van der Waals surface area contributed by atoms with Crippen molar-refractivity contribution in [2.75, 3.05) is 11.4 Å². The van der Waals surface area contributed by atoms with Crippen LogP contribution in [-0.2, 0) is 0 Å². The van der Waals surface area contributed by atoms with Gasteiger partial charge in [0.1, 0.15) is 5.56 Å². The van der Waals surface area contributed by atoms with E-state index in [2.05, 4.69) is 4.90 Å². The van der Waals surface area contributed by atoms with Gasteiger partial charge in [-0.2, -0.15) is 0 Å². The van der Waals surface area contributed by atoms with Gasteiger partial charge in [0.2, 0.25) is 0 Å². The van der Waals surface area contributed by atoms with E-state index in [1.54, 1.807) is 6.07 Å². The van der Waals surface area contributed by atoms with Gasteiger partial charge in [-0.05, 0) is 31.9 Å². The highest BCUT2D eigenvalue weighted by Gasteiger charge is 2.24. The molecule has 1 aromatic rings. The van der Waals surface area contributed by atoms with Gasteiger partial charge in [-0.15, -0.1) is 0 Å². The van der Waals surface area contributed by atoms with Crippen LogP contribution < -0.4 is 4.90 Å². The normalized spacial score (nSPS) is 15.7. The van der Waals surface area contributed by atoms with E-state index in [4.69, 9.17) is 0 Å². The number of aromatic carboxylic acids is 1. The average Bonchev–Trinajstić information content (AvgIpc) is 2.48. The standard InChI is InChI=1S/C15H20N2O4/c1-2-16(11-6-4-3-5-7-11)12-8-9-14(17(20)21)13(10-12)15(18)19/h8-11H,2-7H2,1H3,(H,18,19). The van der Waals surface area contributed by atoms with Gasteiger partial charge < -0.3 is 10.0 Å². The Hall–Kier alpha value is -2.11. The van der Waals surface area contributed by atoms with E-state index < -0.39 is 10.9 Å². The van der Waals surface area contributed by atoms with Crippen LogP contribution in [0.3, 0.4) is 0 Å². The molecule has 0 bridgehead atoms. The van der Waals surface area contributed by atoms with Crippen molar-refractivity contribution in [3.8, 4) is 0 Å². The molecule has 0 radical (unpaired) electrons. The largest absolute Gasteiger partial charge is 0.477 e. The summed E-state index contributed by atoms with van der Waals surface area (Å²) in [6, 6.07) is 4.78. The molecule has 1 N–H and O–H groups in total. The zero-order valence-corrected chi connectivity index (χ0v) is 12.1. The number of nitro groups is 1. The fourth-order valence-electron chi connectivity index (χ4n) is 3.08. The number of nitro benzene ring substituents is 1. The van der Waals surface area contributed by atoms with Crippen LogP contribution in [0.1, 0.15) is 49.4 Å². The van der Waals surface area contributed by atoms with Crippen LogP contribution in [0.2, 0.25) is 0 Å². The fourth-order valence-corrected chi connectivity index (χ4v) is 3.08. The molecule has 6 heteroatoms. The Kier molecular flexibility index (Phi) is 4.77. The Morgan fingerprint density at radius 2 is 2.05 bits per heavy atom. The fraction of sp³-hybridized carbons (Fsp3) is 0.533. The molecule has 0 heterocycles. The third-order valence-electron chi connectivity index (χ3n) is 4.10. The van der Waals surface area contributed by atoms with E-state index in [0.29, 0.717) is 6.04 Å². The second-order valence-corrected chi connectivity index (χ2v) is 5.34. The van der Waals surface area contributed by atoms with E-state index in [0.717, 1.165) is 25.1 Å². The van der Waals surface area contributed by atoms with Crippen LogP contribution in [0.25, 0.3) is 0 Å².